The van der Waals surface area contributed by atoms with Crippen LogP contribution in [0.15, 0.2) is 29.4 Å². The molecule has 0 spiro atoms. The van der Waals surface area contributed by atoms with Gasteiger partial charge in [0.1, 0.15) is 36.4 Å². The number of thioether (sulfide) groups is 1. The first-order valence-electron chi connectivity index (χ1n) is 9.74. The minimum absolute atomic E-state index is 0.233. The van der Waals surface area contributed by atoms with Crippen molar-refractivity contribution in [3.63, 3.8) is 0 Å². The van der Waals surface area contributed by atoms with Crippen LogP contribution in [0.25, 0.3) is 10.4 Å². The number of hydrogen-bond donors (Lipinski definition) is 0. The third-order valence-electron chi connectivity index (χ3n) is 4.42. The van der Waals surface area contributed by atoms with Crippen LogP contribution >= 0.6 is 23.4 Å². The molecule has 1 aromatic carbocycles. The second kappa shape index (κ2) is 12.5. The van der Waals surface area contributed by atoms with E-state index in [2.05, 4.69) is 10.0 Å². The summed E-state index contributed by atoms with van der Waals surface area (Å²) < 4.78 is 21.8. The highest BCUT2D eigenvalue weighted by molar-refractivity contribution is 7.99. The molecular weight excluding hydrogens is 462 g/mol. The third kappa shape index (κ3) is 7.90. The summed E-state index contributed by atoms with van der Waals surface area (Å²) in [7, 11) is 0. The van der Waals surface area contributed by atoms with Gasteiger partial charge in [-0.05, 0) is 35.4 Å². The van der Waals surface area contributed by atoms with Crippen LogP contribution in [0, 0.1) is 0 Å². The highest BCUT2D eigenvalue weighted by Gasteiger charge is 2.49. The molecule has 0 amide bonds. The zero-order chi connectivity index (χ0) is 23.7. The Kier molecular flexibility index (Phi) is 10.1. The summed E-state index contributed by atoms with van der Waals surface area (Å²) in [5.74, 6) is -1.26. The van der Waals surface area contributed by atoms with Crippen molar-refractivity contribution in [1.29, 1.82) is 0 Å². The highest BCUT2D eigenvalue weighted by atomic mass is 35.5. The number of halogens is 1. The SMILES string of the molecule is CC(=O)OCC1O[C@H](SCCc2cccc(Cl)c2)[C@@H](OC(C)=O)C(N=[N+]=[N-])[C@H]1OC(C)=O. The van der Waals surface area contributed by atoms with Gasteiger partial charge in [-0.2, -0.15) is 0 Å². The zero-order valence-corrected chi connectivity index (χ0v) is 19.4. The molecule has 2 unspecified atom stereocenters. The Morgan fingerprint density at radius 1 is 1.16 bits per heavy atom. The van der Waals surface area contributed by atoms with Crippen molar-refractivity contribution >= 4 is 41.3 Å². The van der Waals surface area contributed by atoms with Gasteiger partial charge in [-0.1, -0.05) is 28.8 Å². The Morgan fingerprint density at radius 2 is 1.84 bits per heavy atom. The van der Waals surface area contributed by atoms with Gasteiger partial charge in [0, 0.05) is 30.7 Å². The van der Waals surface area contributed by atoms with Crippen LogP contribution in [0.5, 0.6) is 0 Å². The lowest BCUT2D eigenvalue weighted by Crippen LogP contribution is -2.59. The van der Waals surface area contributed by atoms with Crippen molar-refractivity contribution in [1.82, 2.24) is 0 Å². The monoisotopic (exact) mass is 485 g/mol. The van der Waals surface area contributed by atoms with Crippen LogP contribution in [0.3, 0.4) is 0 Å². The lowest BCUT2D eigenvalue weighted by atomic mass is 9.97. The van der Waals surface area contributed by atoms with Gasteiger partial charge >= 0.3 is 17.9 Å². The second-order valence-corrected chi connectivity index (χ2v) is 8.58. The summed E-state index contributed by atoms with van der Waals surface area (Å²) in [6.45, 7) is 3.39. The molecule has 0 bridgehead atoms. The highest BCUT2D eigenvalue weighted by Crippen LogP contribution is 2.34. The Labute approximate surface area is 194 Å². The van der Waals surface area contributed by atoms with E-state index >= 15 is 0 Å². The van der Waals surface area contributed by atoms with E-state index in [4.69, 9.17) is 36.1 Å². The molecule has 1 aliphatic rings. The van der Waals surface area contributed by atoms with E-state index in [0.29, 0.717) is 17.2 Å². The Bertz CT molecular complexity index is 881. The molecule has 1 saturated heterocycles. The van der Waals surface area contributed by atoms with Gasteiger partial charge in [0.25, 0.3) is 0 Å². The first kappa shape index (κ1) is 25.8. The summed E-state index contributed by atoms with van der Waals surface area (Å²) in [5, 5.41) is 4.35. The predicted octanol–water partition coefficient (Wildman–Crippen LogP) is 3.45. The van der Waals surface area contributed by atoms with Gasteiger partial charge in [-0.25, -0.2) is 0 Å². The maximum atomic E-state index is 11.8. The number of nitrogens with zero attached hydrogens (tertiary/aromatic N) is 3. The maximum Gasteiger partial charge on any atom is 0.303 e. The Morgan fingerprint density at radius 3 is 2.44 bits per heavy atom. The van der Waals surface area contributed by atoms with E-state index in [1.807, 2.05) is 18.2 Å². The predicted molar refractivity (Wildman–Crippen MR) is 117 cm³/mol. The van der Waals surface area contributed by atoms with Gasteiger partial charge in [0.05, 0.1) is 0 Å². The lowest BCUT2D eigenvalue weighted by Gasteiger charge is -2.43. The molecule has 5 atom stereocenters. The molecule has 0 saturated carbocycles. The molecule has 10 nitrogen and oxygen atoms in total. The number of benzene rings is 1. The average Bonchev–Trinajstić information content (AvgIpc) is 2.70. The molecule has 0 aliphatic carbocycles. The van der Waals surface area contributed by atoms with E-state index in [-0.39, 0.29) is 6.61 Å². The van der Waals surface area contributed by atoms with Crippen LogP contribution in [-0.4, -0.2) is 60.1 Å². The number of carbonyl (C=O) groups is 3. The normalized spacial score (nSPS) is 24.7. The molecule has 1 aromatic rings. The van der Waals surface area contributed by atoms with Gasteiger partial charge in [0.2, 0.25) is 0 Å². The maximum absolute atomic E-state index is 11.8. The average molecular weight is 486 g/mol. The van der Waals surface area contributed by atoms with E-state index < -0.39 is 47.7 Å². The van der Waals surface area contributed by atoms with Crippen LogP contribution in [-0.2, 0) is 39.8 Å². The standard InChI is InChI=1S/C20H24ClN3O7S/c1-11(25)28-10-16-18(29-12(2)26)17(23-24-22)19(30-13(3)27)20(31-16)32-8-7-14-5-4-6-15(21)9-14/h4-6,9,16-20H,7-8,10H2,1-3H3/t16?,17?,18-,19-,20+/m0/s1. The topological polar surface area (TPSA) is 137 Å². The molecule has 1 heterocycles. The Balaban J connectivity index is 2.26. The first-order chi connectivity index (χ1) is 15.2. The van der Waals surface area contributed by atoms with E-state index in [9.17, 15) is 14.4 Å². The minimum Gasteiger partial charge on any atom is -0.463 e. The Hall–Kier alpha value is -2.46. The number of rotatable bonds is 9. The van der Waals surface area contributed by atoms with E-state index in [0.717, 1.165) is 5.56 Å². The summed E-state index contributed by atoms with van der Waals surface area (Å²) in [6, 6.07) is 6.32. The number of hydrogen-bond acceptors (Lipinski definition) is 9. The van der Waals surface area contributed by atoms with E-state index in [1.165, 1.54) is 32.5 Å². The third-order valence-corrected chi connectivity index (χ3v) is 5.80. The molecule has 174 valence electrons. The number of aryl methyl sites for hydroxylation is 1. The number of carbonyl (C=O) groups excluding carboxylic acids is 3. The number of azide groups is 1. The van der Waals surface area contributed by atoms with Crippen LogP contribution in [0.2, 0.25) is 5.02 Å². The fourth-order valence-electron chi connectivity index (χ4n) is 3.19. The fraction of sp³-hybridized carbons (Fsp3) is 0.550. The molecular formula is C20H24ClN3O7S. The van der Waals surface area contributed by atoms with Gasteiger partial charge in [-0.15, -0.1) is 11.8 Å². The van der Waals surface area contributed by atoms with E-state index in [1.54, 1.807) is 6.07 Å². The van der Waals surface area contributed by atoms with Crippen molar-refractivity contribution in [2.75, 3.05) is 12.4 Å². The van der Waals surface area contributed by atoms with Crippen LogP contribution in [0.4, 0.5) is 0 Å². The summed E-state index contributed by atoms with van der Waals surface area (Å²) in [5.41, 5.74) is 9.34. The molecule has 32 heavy (non-hydrogen) atoms. The quantitative estimate of drug-likeness (QED) is 0.170. The summed E-state index contributed by atoms with van der Waals surface area (Å²) >= 11 is 7.36. The zero-order valence-electron chi connectivity index (χ0n) is 17.8. The molecule has 0 aromatic heterocycles. The smallest absolute Gasteiger partial charge is 0.303 e. The largest absolute Gasteiger partial charge is 0.463 e. The van der Waals surface area contributed by atoms with Gasteiger partial charge in [-0.3, -0.25) is 14.4 Å². The number of esters is 3. The van der Waals surface area contributed by atoms with Crippen molar-refractivity contribution in [2.45, 2.75) is 57.0 Å². The van der Waals surface area contributed by atoms with Crippen molar-refractivity contribution in [3.8, 4) is 0 Å². The van der Waals surface area contributed by atoms with Crippen LogP contribution in [0.1, 0.15) is 26.3 Å². The summed E-state index contributed by atoms with van der Waals surface area (Å²) in [6.07, 6.45) is -2.41. The molecule has 0 N–H and O–H groups in total. The molecule has 1 aliphatic heterocycles. The summed E-state index contributed by atoms with van der Waals surface area (Å²) in [4.78, 5) is 37.6. The minimum atomic E-state index is -1.11. The molecule has 1 fully saturated rings. The molecule has 0 radical (unpaired) electrons. The lowest BCUT2D eigenvalue weighted by molar-refractivity contribution is -0.201. The molecule has 2 rings (SSSR count). The number of ether oxygens (including phenoxy) is 4. The van der Waals surface area contributed by atoms with Crippen molar-refractivity contribution in [2.24, 2.45) is 5.11 Å². The van der Waals surface area contributed by atoms with Crippen molar-refractivity contribution in [3.05, 3.63) is 45.3 Å². The van der Waals surface area contributed by atoms with Gasteiger partial charge < -0.3 is 18.9 Å². The first-order valence-corrected chi connectivity index (χ1v) is 11.2. The fourth-order valence-corrected chi connectivity index (χ4v) is 4.62. The second-order valence-electron chi connectivity index (χ2n) is 6.94. The molecule has 12 heteroatoms. The van der Waals surface area contributed by atoms with Crippen molar-refractivity contribution < 1.29 is 33.3 Å². The van der Waals surface area contributed by atoms with Crippen LogP contribution < -0.4 is 0 Å². The van der Waals surface area contributed by atoms with Gasteiger partial charge in [0.15, 0.2) is 0 Å².